The number of Topliss-reactive ketones (excluding diaryl/α,β-unsaturated/α-hetero) is 1. The van der Waals surface area contributed by atoms with Crippen molar-refractivity contribution in [1.29, 1.82) is 0 Å². The number of rotatable bonds is 6. The average molecular weight is 388 g/mol. The molecule has 5 nitrogen and oxygen atoms in total. The van der Waals surface area contributed by atoms with E-state index in [1.807, 2.05) is 18.2 Å². The van der Waals surface area contributed by atoms with E-state index in [0.29, 0.717) is 36.0 Å². The van der Waals surface area contributed by atoms with Crippen molar-refractivity contribution in [1.82, 2.24) is 4.90 Å². The molecule has 1 aliphatic rings. The molecular weight excluding hydrogens is 366 g/mol. The molecule has 1 fully saturated rings. The Hall–Kier alpha value is -2.37. The third kappa shape index (κ3) is 5.08. The predicted octanol–water partition coefficient (Wildman–Crippen LogP) is 3.91. The largest absolute Gasteiger partial charge is 0.497 e. The van der Waals surface area contributed by atoms with Gasteiger partial charge in [-0.3, -0.25) is 9.59 Å². The van der Waals surface area contributed by atoms with Gasteiger partial charge >= 0.3 is 0 Å². The van der Waals surface area contributed by atoms with E-state index in [0.717, 1.165) is 5.56 Å². The fourth-order valence-electron chi connectivity index (χ4n) is 3.10. The van der Waals surface area contributed by atoms with Crippen molar-refractivity contribution in [3.8, 4) is 5.75 Å². The molecule has 0 aromatic heterocycles. The average Bonchev–Trinajstić information content (AvgIpc) is 2.72. The summed E-state index contributed by atoms with van der Waals surface area (Å²) in [5.41, 5.74) is 1.51. The fraction of sp³-hybridized carbons (Fsp3) is 0.333. The molecule has 0 bridgehead atoms. The van der Waals surface area contributed by atoms with Crippen LogP contribution in [0.4, 0.5) is 0 Å². The number of morpholine rings is 1. The van der Waals surface area contributed by atoms with Gasteiger partial charge in [0.05, 0.1) is 20.3 Å². The predicted molar refractivity (Wildman–Crippen MR) is 103 cm³/mol. The van der Waals surface area contributed by atoms with E-state index in [1.54, 1.807) is 42.3 Å². The molecule has 142 valence electrons. The van der Waals surface area contributed by atoms with Crippen LogP contribution >= 0.6 is 11.6 Å². The molecule has 1 atom stereocenters. The zero-order valence-electron chi connectivity index (χ0n) is 15.2. The molecule has 1 amide bonds. The van der Waals surface area contributed by atoms with E-state index in [2.05, 4.69) is 0 Å². The first-order valence-corrected chi connectivity index (χ1v) is 9.26. The molecule has 0 radical (unpaired) electrons. The molecule has 1 heterocycles. The monoisotopic (exact) mass is 387 g/mol. The van der Waals surface area contributed by atoms with Crippen LogP contribution in [0.5, 0.6) is 5.75 Å². The number of carbonyl (C=O) groups excluding carboxylic acids is 2. The van der Waals surface area contributed by atoms with Gasteiger partial charge in [0, 0.05) is 30.0 Å². The fourth-order valence-corrected chi connectivity index (χ4v) is 3.30. The zero-order chi connectivity index (χ0) is 19.2. The lowest BCUT2D eigenvalue weighted by Gasteiger charge is -2.33. The Morgan fingerprint density at radius 3 is 2.78 bits per heavy atom. The van der Waals surface area contributed by atoms with E-state index in [4.69, 9.17) is 21.1 Å². The SMILES string of the molecule is COc1cccc(C(=O)CCC(=O)N2CCOC(c3cccc(Cl)c3)C2)c1. The van der Waals surface area contributed by atoms with Crippen molar-refractivity contribution in [3.05, 3.63) is 64.7 Å². The molecule has 27 heavy (non-hydrogen) atoms. The van der Waals surface area contributed by atoms with Gasteiger partial charge in [0.2, 0.25) is 5.91 Å². The van der Waals surface area contributed by atoms with Crippen LogP contribution < -0.4 is 4.74 Å². The second-order valence-electron chi connectivity index (χ2n) is 6.41. The first-order chi connectivity index (χ1) is 13.1. The number of carbonyl (C=O) groups is 2. The summed E-state index contributed by atoms with van der Waals surface area (Å²) in [5.74, 6) is 0.521. The van der Waals surface area contributed by atoms with Crippen LogP contribution in [-0.4, -0.2) is 43.4 Å². The van der Waals surface area contributed by atoms with E-state index in [9.17, 15) is 9.59 Å². The third-order valence-corrected chi connectivity index (χ3v) is 4.83. The van der Waals surface area contributed by atoms with Gasteiger partial charge in [-0.15, -0.1) is 0 Å². The molecule has 2 aromatic rings. The number of amides is 1. The van der Waals surface area contributed by atoms with Crippen LogP contribution in [0.25, 0.3) is 0 Å². The standard InChI is InChI=1S/C21H22ClNO4/c1-26-18-7-3-4-15(13-18)19(24)8-9-21(25)23-10-11-27-20(14-23)16-5-2-6-17(22)12-16/h2-7,12-13,20H,8-11,14H2,1H3. The second kappa shape index (κ2) is 9.02. The molecule has 0 spiro atoms. The summed E-state index contributed by atoms with van der Waals surface area (Å²) >= 11 is 6.04. The zero-order valence-corrected chi connectivity index (χ0v) is 15.9. The summed E-state index contributed by atoms with van der Waals surface area (Å²) in [6.45, 7) is 1.46. The van der Waals surface area contributed by atoms with Crippen LogP contribution in [0.3, 0.4) is 0 Å². The smallest absolute Gasteiger partial charge is 0.223 e. The highest BCUT2D eigenvalue weighted by molar-refractivity contribution is 6.30. The Kier molecular flexibility index (Phi) is 6.48. The van der Waals surface area contributed by atoms with Crippen molar-refractivity contribution in [2.24, 2.45) is 0 Å². The summed E-state index contributed by atoms with van der Waals surface area (Å²) in [4.78, 5) is 26.7. The van der Waals surface area contributed by atoms with Gasteiger partial charge in [0.25, 0.3) is 0 Å². The minimum atomic E-state index is -0.199. The molecule has 0 N–H and O–H groups in total. The van der Waals surface area contributed by atoms with Gasteiger partial charge in [0.15, 0.2) is 5.78 Å². The van der Waals surface area contributed by atoms with Gasteiger partial charge in [-0.1, -0.05) is 35.9 Å². The highest BCUT2D eigenvalue weighted by Gasteiger charge is 2.25. The summed E-state index contributed by atoms with van der Waals surface area (Å²) in [6.07, 6.45) is 0.152. The molecule has 3 rings (SSSR count). The molecule has 0 saturated carbocycles. The summed E-state index contributed by atoms with van der Waals surface area (Å²) in [5, 5.41) is 0.642. The molecule has 1 saturated heterocycles. The number of methoxy groups -OCH3 is 1. The van der Waals surface area contributed by atoms with Gasteiger partial charge in [-0.05, 0) is 29.8 Å². The number of hydrogen-bond acceptors (Lipinski definition) is 4. The Balaban J connectivity index is 1.56. The first-order valence-electron chi connectivity index (χ1n) is 8.89. The maximum Gasteiger partial charge on any atom is 0.223 e. The van der Waals surface area contributed by atoms with Crippen LogP contribution in [0.1, 0.15) is 34.9 Å². The van der Waals surface area contributed by atoms with Crippen LogP contribution in [0.2, 0.25) is 5.02 Å². The Bertz CT molecular complexity index is 823. The van der Waals surface area contributed by atoms with Crippen molar-refractivity contribution in [2.45, 2.75) is 18.9 Å². The number of halogens is 1. The van der Waals surface area contributed by atoms with Gasteiger partial charge in [-0.25, -0.2) is 0 Å². The maximum absolute atomic E-state index is 12.6. The second-order valence-corrected chi connectivity index (χ2v) is 6.85. The van der Waals surface area contributed by atoms with E-state index in [-0.39, 0.29) is 30.6 Å². The highest BCUT2D eigenvalue weighted by Crippen LogP contribution is 2.25. The summed E-state index contributed by atoms with van der Waals surface area (Å²) in [6, 6.07) is 14.5. The topological polar surface area (TPSA) is 55.8 Å². The van der Waals surface area contributed by atoms with Gasteiger partial charge in [0.1, 0.15) is 11.9 Å². The molecule has 2 aromatic carbocycles. The number of hydrogen-bond donors (Lipinski definition) is 0. The van der Waals surface area contributed by atoms with Crippen molar-refractivity contribution < 1.29 is 19.1 Å². The summed E-state index contributed by atoms with van der Waals surface area (Å²) < 4.78 is 10.9. The lowest BCUT2D eigenvalue weighted by Crippen LogP contribution is -2.42. The van der Waals surface area contributed by atoms with E-state index < -0.39 is 0 Å². The quantitative estimate of drug-likeness (QED) is 0.705. The van der Waals surface area contributed by atoms with Crippen LogP contribution in [-0.2, 0) is 9.53 Å². The number of ketones is 1. The van der Waals surface area contributed by atoms with E-state index in [1.165, 1.54) is 0 Å². The molecule has 6 heteroatoms. The number of nitrogens with zero attached hydrogens (tertiary/aromatic N) is 1. The molecule has 0 aliphatic carbocycles. The van der Waals surface area contributed by atoms with Crippen molar-refractivity contribution in [2.75, 3.05) is 26.8 Å². The van der Waals surface area contributed by atoms with Crippen molar-refractivity contribution in [3.63, 3.8) is 0 Å². The third-order valence-electron chi connectivity index (χ3n) is 4.60. The lowest BCUT2D eigenvalue weighted by molar-refractivity contribution is -0.139. The minimum absolute atomic E-state index is 0.0402. The highest BCUT2D eigenvalue weighted by atomic mass is 35.5. The Labute approximate surface area is 163 Å². The van der Waals surface area contributed by atoms with Gasteiger partial charge in [-0.2, -0.15) is 0 Å². The first kappa shape index (κ1) is 19.4. The lowest BCUT2D eigenvalue weighted by atomic mass is 10.0. The normalized spacial score (nSPS) is 16.8. The molecule has 1 unspecified atom stereocenters. The number of ether oxygens (including phenoxy) is 2. The Morgan fingerprint density at radius 1 is 1.19 bits per heavy atom. The van der Waals surface area contributed by atoms with Crippen LogP contribution in [0.15, 0.2) is 48.5 Å². The van der Waals surface area contributed by atoms with Crippen LogP contribution in [0, 0.1) is 0 Å². The van der Waals surface area contributed by atoms with Gasteiger partial charge < -0.3 is 14.4 Å². The van der Waals surface area contributed by atoms with Crippen molar-refractivity contribution >= 4 is 23.3 Å². The molecule has 1 aliphatic heterocycles. The maximum atomic E-state index is 12.6. The Morgan fingerprint density at radius 2 is 2.00 bits per heavy atom. The van der Waals surface area contributed by atoms with E-state index >= 15 is 0 Å². The molecular formula is C21H22ClNO4. The minimum Gasteiger partial charge on any atom is -0.497 e. The number of benzene rings is 2. The summed E-state index contributed by atoms with van der Waals surface area (Å²) in [7, 11) is 1.56.